The molecule has 0 aliphatic heterocycles. The summed E-state index contributed by atoms with van der Waals surface area (Å²) >= 11 is 5.98. The summed E-state index contributed by atoms with van der Waals surface area (Å²) in [6, 6.07) is 17.1. The van der Waals surface area contributed by atoms with Crippen LogP contribution in [-0.2, 0) is 6.54 Å². The average Bonchev–Trinajstić information content (AvgIpc) is 3.26. The first kappa shape index (κ1) is 14.6. The van der Waals surface area contributed by atoms with Crippen molar-refractivity contribution in [3.05, 3.63) is 71.7 Å². The predicted octanol–water partition coefficient (Wildman–Crippen LogP) is 3.70. The van der Waals surface area contributed by atoms with Crippen LogP contribution in [0.5, 0.6) is 0 Å². The summed E-state index contributed by atoms with van der Waals surface area (Å²) in [5.74, 6) is 1.73. The van der Waals surface area contributed by atoms with Gasteiger partial charge in [-0.15, -0.1) is 10.2 Å². The van der Waals surface area contributed by atoms with E-state index in [0.29, 0.717) is 29.0 Å². The van der Waals surface area contributed by atoms with Crippen molar-refractivity contribution < 1.29 is 4.42 Å². The zero-order chi connectivity index (χ0) is 16.4. The van der Waals surface area contributed by atoms with E-state index < -0.39 is 0 Å². The molecule has 0 saturated heterocycles. The molecule has 6 nitrogen and oxygen atoms in total. The quantitative estimate of drug-likeness (QED) is 0.568. The number of tetrazole rings is 1. The zero-order valence-electron chi connectivity index (χ0n) is 12.5. The maximum atomic E-state index is 5.98. The van der Waals surface area contributed by atoms with Crippen LogP contribution in [0.4, 0.5) is 0 Å². The zero-order valence-corrected chi connectivity index (χ0v) is 13.3. The number of rotatable bonds is 4. The maximum Gasteiger partial charge on any atom is 0.218 e. The van der Waals surface area contributed by atoms with E-state index in [-0.39, 0.29) is 0 Å². The lowest BCUT2D eigenvalue weighted by Gasteiger charge is -1.96. The summed E-state index contributed by atoms with van der Waals surface area (Å²) < 4.78 is 5.75. The van der Waals surface area contributed by atoms with Gasteiger partial charge >= 0.3 is 0 Å². The van der Waals surface area contributed by atoms with Gasteiger partial charge in [-0.05, 0) is 17.3 Å². The first-order valence-corrected chi connectivity index (χ1v) is 7.69. The van der Waals surface area contributed by atoms with Crippen molar-refractivity contribution in [3.63, 3.8) is 0 Å². The Balaban J connectivity index is 1.54. The molecular weight excluding hydrogens is 326 g/mol. The largest absolute Gasteiger partial charge is 0.439 e. The van der Waals surface area contributed by atoms with Crippen molar-refractivity contribution in [2.24, 2.45) is 0 Å². The van der Waals surface area contributed by atoms with Crippen LogP contribution < -0.4 is 0 Å². The molecule has 0 aliphatic rings. The molecule has 4 aromatic rings. The van der Waals surface area contributed by atoms with E-state index >= 15 is 0 Å². The summed E-state index contributed by atoms with van der Waals surface area (Å²) in [6.07, 6.45) is 1.69. The smallest absolute Gasteiger partial charge is 0.218 e. The van der Waals surface area contributed by atoms with Crippen molar-refractivity contribution in [2.45, 2.75) is 6.54 Å². The molecule has 0 amide bonds. The summed E-state index contributed by atoms with van der Waals surface area (Å²) in [6.45, 7) is 0.306. The average molecular weight is 338 g/mol. The number of halogens is 1. The molecule has 0 radical (unpaired) electrons. The third-order valence-electron chi connectivity index (χ3n) is 3.42. The lowest BCUT2D eigenvalue weighted by Crippen LogP contribution is -2.04. The Hall–Kier alpha value is -2.99. The third kappa shape index (κ3) is 3.04. The maximum absolute atomic E-state index is 5.98. The van der Waals surface area contributed by atoms with E-state index in [0.717, 1.165) is 11.1 Å². The van der Waals surface area contributed by atoms with E-state index in [2.05, 4.69) is 20.4 Å². The first-order valence-electron chi connectivity index (χ1n) is 7.32. The standard InChI is InChI=1S/C17H12ClN5O/c18-14-8-4-7-13(9-14)17-20-22-23(21-17)11-16-19-10-15(24-16)12-5-2-1-3-6-12/h1-10H,11H2. The highest BCUT2D eigenvalue weighted by Crippen LogP contribution is 2.21. The van der Waals surface area contributed by atoms with E-state index in [9.17, 15) is 0 Å². The molecule has 0 unspecified atom stereocenters. The molecule has 0 bridgehead atoms. The lowest BCUT2D eigenvalue weighted by molar-refractivity contribution is 0.447. The predicted molar refractivity (Wildman–Crippen MR) is 89.3 cm³/mol. The van der Waals surface area contributed by atoms with Crippen molar-refractivity contribution in [2.75, 3.05) is 0 Å². The number of benzene rings is 2. The van der Waals surface area contributed by atoms with Crippen LogP contribution in [0.3, 0.4) is 0 Å². The van der Waals surface area contributed by atoms with Gasteiger partial charge in [0.15, 0.2) is 5.76 Å². The number of oxazole rings is 1. The van der Waals surface area contributed by atoms with Crippen LogP contribution in [0.1, 0.15) is 5.89 Å². The highest BCUT2D eigenvalue weighted by molar-refractivity contribution is 6.30. The van der Waals surface area contributed by atoms with Gasteiger partial charge in [0.25, 0.3) is 0 Å². The van der Waals surface area contributed by atoms with Crippen LogP contribution in [0.25, 0.3) is 22.7 Å². The Bertz CT molecular complexity index is 964. The Morgan fingerprint density at radius 3 is 2.67 bits per heavy atom. The van der Waals surface area contributed by atoms with Crippen LogP contribution >= 0.6 is 11.6 Å². The number of hydrogen-bond acceptors (Lipinski definition) is 5. The molecular formula is C17H12ClN5O. The summed E-state index contributed by atoms with van der Waals surface area (Å²) in [5.41, 5.74) is 1.79. The molecule has 7 heteroatoms. The van der Waals surface area contributed by atoms with E-state index in [1.54, 1.807) is 18.3 Å². The van der Waals surface area contributed by atoms with Crippen LogP contribution in [0.2, 0.25) is 5.02 Å². The van der Waals surface area contributed by atoms with Gasteiger partial charge in [-0.2, -0.15) is 4.80 Å². The highest BCUT2D eigenvalue weighted by Gasteiger charge is 2.10. The van der Waals surface area contributed by atoms with Crippen molar-refractivity contribution >= 4 is 11.6 Å². The number of nitrogens with zero attached hydrogens (tertiary/aromatic N) is 5. The molecule has 0 spiro atoms. The van der Waals surface area contributed by atoms with Gasteiger partial charge in [0, 0.05) is 16.1 Å². The van der Waals surface area contributed by atoms with Gasteiger partial charge in [0.1, 0.15) is 6.54 Å². The second-order valence-corrected chi connectivity index (χ2v) is 5.57. The molecule has 0 saturated carbocycles. The molecule has 4 rings (SSSR count). The minimum absolute atomic E-state index is 0.306. The minimum Gasteiger partial charge on any atom is -0.439 e. The van der Waals surface area contributed by atoms with Gasteiger partial charge in [-0.3, -0.25) is 0 Å². The topological polar surface area (TPSA) is 69.6 Å². The Kier molecular flexibility index (Phi) is 3.80. The van der Waals surface area contributed by atoms with Gasteiger partial charge in [0.2, 0.25) is 11.7 Å². The van der Waals surface area contributed by atoms with Crippen LogP contribution in [0, 0.1) is 0 Å². The van der Waals surface area contributed by atoms with E-state index in [4.69, 9.17) is 16.0 Å². The van der Waals surface area contributed by atoms with Gasteiger partial charge < -0.3 is 4.42 Å². The Labute approximate surface area is 142 Å². The highest BCUT2D eigenvalue weighted by atomic mass is 35.5. The molecule has 118 valence electrons. The molecule has 2 heterocycles. The van der Waals surface area contributed by atoms with Gasteiger partial charge in [0.05, 0.1) is 6.20 Å². The van der Waals surface area contributed by atoms with Crippen molar-refractivity contribution in [1.82, 2.24) is 25.2 Å². The fraction of sp³-hybridized carbons (Fsp3) is 0.0588. The molecule has 24 heavy (non-hydrogen) atoms. The van der Waals surface area contributed by atoms with Gasteiger partial charge in [-0.1, -0.05) is 54.1 Å². The van der Waals surface area contributed by atoms with E-state index in [1.165, 1.54) is 4.80 Å². The molecule has 2 aromatic heterocycles. The molecule has 0 atom stereocenters. The summed E-state index contributed by atoms with van der Waals surface area (Å²) in [7, 11) is 0. The minimum atomic E-state index is 0.306. The number of hydrogen-bond donors (Lipinski definition) is 0. The first-order chi connectivity index (χ1) is 11.8. The Morgan fingerprint density at radius 1 is 1.00 bits per heavy atom. The second kappa shape index (κ2) is 6.25. The Morgan fingerprint density at radius 2 is 1.83 bits per heavy atom. The molecule has 0 fully saturated rings. The second-order valence-electron chi connectivity index (χ2n) is 5.14. The summed E-state index contributed by atoms with van der Waals surface area (Å²) in [4.78, 5) is 5.71. The SMILES string of the molecule is Clc1cccc(-c2nnn(Cc3ncc(-c4ccccc4)o3)n2)c1. The lowest BCUT2D eigenvalue weighted by atomic mass is 10.2. The fourth-order valence-electron chi connectivity index (χ4n) is 2.29. The molecule has 0 N–H and O–H groups in total. The van der Waals surface area contributed by atoms with E-state index in [1.807, 2.05) is 42.5 Å². The van der Waals surface area contributed by atoms with Crippen molar-refractivity contribution in [3.8, 4) is 22.7 Å². The van der Waals surface area contributed by atoms with Crippen LogP contribution in [-0.4, -0.2) is 25.2 Å². The normalized spacial score (nSPS) is 10.9. The number of aromatic nitrogens is 5. The third-order valence-corrected chi connectivity index (χ3v) is 3.66. The van der Waals surface area contributed by atoms with Crippen LogP contribution in [0.15, 0.2) is 65.2 Å². The van der Waals surface area contributed by atoms with Crippen molar-refractivity contribution in [1.29, 1.82) is 0 Å². The molecule has 2 aromatic carbocycles. The monoisotopic (exact) mass is 337 g/mol. The summed E-state index contributed by atoms with van der Waals surface area (Å²) in [5, 5.41) is 13.0. The van der Waals surface area contributed by atoms with Gasteiger partial charge in [-0.25, -0.2) is 4.98 Å². The fourth-order valence-corrected chi connectivity index (χ4v) is 2.48. The molecule has 0 aliphatic carbocycles.